The lowest BCUT2D eigenvalue weighted by molar-refractivity contribution is -0.169. The second-order valence-corrected chi connectivity index (χ2v) is 4.75. The number of aliphatic carboxylic acids is 1. The Morgan fingerprint density at radius 1 is 1.38 bits per heavy atom. The largest absolute Gasteiger partial charge is 0.481 e. The van der Waals surface area contributed by atoms with Gasteiger partial charge in [-0.05, 0) is 19.8 Å². The summed E-state index contributed by atoms with van der Waals surface area (Å²) >= 11 is 0. The summed E-state index contributed by atoms with van der Waals surface area (Å²) in [7, 11) is 0. The van der Waals surface area contributed by atoms with Gasteiger partial charge in [0.25, 0.3) is 0 Å². The maximum absolute atomic E-state index is 12.1. The minimum atomic E-state index is -0.856. The van der Waals surface area contributed by atoms with E-state index in [1.165, 1.54) is 0 Å². The van der Waals surface area contributed by atoms with Gasteiger partial charge in [-0.2, -0.15) is 0 Å². The van der Waals surface area contributed by atoms with Crippen LogP contribution in [0, 0.1) is 11.3 Å². The predicted octanol–water partition coefficient (Wildman–Crippen LogP) is 0.346. The first kappa shape index (κ1) is 11.4. The number of hydrogen-bond acceptors (Lipinski definition) is 3. The Hall–Kier alpha value is -1.10. The van der Waals surface area contributed by atoms with Crippen LogP contribution in [0.15, 0.2) is 0 Å². The first-order valence-corrected chi connectivity index (χ1v) is 5.65. The van der Waals surface area contributed by atoms with Crippen LogP contribution in [-0.2, 0) is 14.3 Å². The van der Waals surface area contributed by atoms with Crippen molar-refractivity contribution in [1.82, 2.24) is 4.90 Å². The maximum atomic E-state index is 12.1. The van der Waals surface area contributed by atoms with Gasteiger partial charge >= 0.3 is 5.97 Å². The Morgan fingerprint density at radius 3 is 2.44 bits per heavy atom. The highest BCUT2D eigenvalue weighted by molar-refractivity contribution is 5.88. The third kappa shape index (κ3) is 1.69. The molecule has 1 amide bonds. The first-order valence-electron chi connectivity index (χ1n) is 5.65. The molecule has 1 saturated heterocycles. The highest BCUT2D eigenvalue weighted by Crippen LogP contribution is 2.47. The van der Waals surface area contributed by atoms with Crippen LogP contribution in [0.5, 0.6) is 0 Å². The molecule has 5 nitrogen and oxygen atoms in total. The average Bonchev–Trinajstić information content (AvgIpc) is 2.27. The summed E-state index contributed by atoms with van der Waals surface area (Å²) in [6.07, 6.45) is 1.29. The third-order valence-corrected chi connectivity index (χ3v) is 3.83. The summed E-state index contributed by atoms with van der Waals surface area (Å²) in [5, 5.41) is 9.11. The van der Waals surface area contributed by atoms with Crippen LogP contribution in [0.3, 0.4) is 0 Å². The fourth-order valence-corrected chi connectivity index (χ4v) is 2.38. The number of morpholine rings is 1. The van der Waals surface area contributed by atoms with Crippen molar-refractivity contribution < 1.29 is 19.4 Å². The number of carbonyl (C=O) groups excluding carboxylic acids is 1. The molecule has 0 aromatic carbocycles. The topological polar surface area (TPSA) is 66.8 Å². The molecule has 90 valence electrons. The molecule has 2 aliphatic rings. The lowest BCUT2D eigenvalue weighted by atomic mass is 9.60. The van der Waals surface area contributed by atoms with Crippen LogP contribution in [0.2, 0.25) is 0 Å². The molecule has 2 rings (SSSR count). The van der Waals surface area contributed by atoms with E-state index in [0.717, 1.165) is 0 Å². The molecule has 2 atom stereocenters. The second kappa shape index (κ2) is 4.05. The van der Waals surface area contributed by atoms with E-state index in [4.69, 9.17) is 9.84 Å². The standard InChI is InChI=1S/C11H17NO4/c1-11(10(14)15)3-2-8(11)9(13)12-4-6-16-7-5-12/h8H,2-7H2,1H3,(H,14,15). The van der Waals surface area contributed by atoms with Gasteiger partial charge in [0.05, 0.1) is 24.5 Å². The van der Waals surface area contributed by atoms with Crippen LogP contribution in [0.25, 0.3) is 0 Å². The molecule has 5 heteroatoms. The van der Waals surface area contributed by atoms with Gasteiger partial charge in [0.1, 0.15) is 0 Å². The number of carbonyl (C=O) groups is 2. The number of amides is 1. The zero-order chi connectivity index (χ0) is 11.8. The number of ether oxygens (including phenoxy) is 1. The predicted molar refractivity (Wildman–Crippen MR) is 55.9 cm³/mol. The molecule has 1 N–H and O–H groups in total. The van der Waals surface area contributed by atoms with Gasteiger partial charge in [-0.3, -0.25) is 9.59 Å². The van der Waals surface area contributed by atoms with E-state index in [2.05, 4.69) is 0 Å². The van der Waals surface area contributed by atoms with Crippen LogP contribution in [0.4, 0.5) is 0 Å². The van der Waals surface area contributed by atoms with Gasteiger partial charge in [-0.1, -0.05) is 0 Å². The number of carboxylic acid groups (broad SMARTS) is 1. The number of carboxylic acids is 1. The zero-order valence-corrected chi connectivity index (χ0v) is 9.44. The first-order chi connectivity index (χ1) is 7.55. The summed E-state index contributed by atoms with van der Waals surface area (Å²) in [4.78, 5) is 24.9. The van der Waals surface area contributed by atoms with Gasteiger partial charge < -0.3 is 14.7 Å². The maximum Gasteiger partial charge on any atom is 0.310 e. The molecule has 0 radical (unpaired) electrons. The van der Waals surface area contributed by atoms with E-state index in [-0.39, 0.29) is 11.8 Å². The van der Waals surface area contributed by atoms with E-state index in [0.29, 0.717) is 39.1 Å². The molecule has 1 saturated carbocycles. The van der Waals surface area contributed by atoms with Crippen molar-refractivity contribution in [2.24, 2.45) is 11.3 Å². The molecule has 1 heterocycles. The van der Waals surface area contributed by atoms with Crippen molar-refractivity contribution in [2.75, 3.05) is 26.3 Å². The van der Waals surface area contributed by atoms with Crippen molar-refractivity contribution in [2.45, 2.75) is 19.8 Å². The Balaban J connectivity index is 2.02. The molecule has 16 heavy (non-hydrogen) atoms. The van der Waals surface area contributed by atoms with Crippen LogP contribution in [-0.4, -0.2) is 48.2 Å². The minimum absolute atomic E-state index is 0.0144. The van der Waals surface area contributed by atoms with Gasteiger partial charge in [-0.15, -0.1) is 0 Å². The Labute approximate surface area is 94.4 Å². The average molecular weight is 227 g/mol. The molecule has 1 aliphatic carbocycles. The minimum Gasteiger partial charge on any atom is -0.481 e. The van der Waals surface area contributed by atoms with Crippen molar-refractivity contribution in [3.63, 3.8) is 0 Å². The van der Waals surface area contributed by atoms with Gasteiger partial charge in [0, 0.05) is 13.1 Å². The fraction of sp³-hybridized carbons (Fsp3) is 0.818. The second-order valence-electron chi connectivity index (χ2n) is 4.75. The number of hydrogen-bond donors (Lipinski definition) is 1. The summed E-state index contributed by atoms with van der Waals surface area (Å²) < 4.78 is 5.17. The van der Waals surface area contributed by atoms with Crippen LogP contribution >= 0.6 is 0 Å². The molecule has 1 aliphatic heterocycles. The Kier molecular flexibility index (Phi) is 2.88. The molecule has 0 spiro atoms. The van der Waals surface area contributed by atoms with E-state index < -0.39 is 11.4 Å². The summed E-state index contributed by atoms with van der Waals surface area (Å²) in [6, 6.07) is 0. The van der Waals surface area contributed by atoms with Crippen LogP contribution < -0.4 is 0 Å². The van der Waals surface area contributed by atoms with Crippen molar-refractivity contribution in [1.29, 1.82) is 0 Å². The lowest BCUT2D eigenvalue weighted by Crippen LogP contribution is -2.54. The summed E-state index contributed by atoms with van der Waals surface area (Å²) in [6.45, 7) is 3.96. The molecule has 0 aromatic rings. The van der Waals surface area contributed by atoms with Crippen molar-refractivity contribution in [3.8, 4) is 0 Å². The molecule has 2 unspecified atom stereocenters. The summed E-state index contributed by atoms with van der Waals surface area (Å²) in [5.41, 5.74) is -0.852. The number of rotatable bonds is 2. The molecular formula is C11H17NO4. The van der Waals surface area contributed by atoms with Crippen LogP contribution in [0.1, 0.15) is 19.8 Å². The normalized spacial score (nSPS) is 34.3. The SMILES string of the molecule is CC1(C(=O)O)CCC1C(=O)N1CCOCC1. The highest BCUT2D eigenvalue weighted by Gasteiger charge is 2.53. The zero-order valence-electron chi connectivity index (χ0n) is 9.44. The lowest BCUT2D eigenvalue weighted by Gasteiger charge is -2.44. The van der Waals surface area contributed by atoms with Crippen molar-refractivity contribution in [3.05, 3.63) is 0 Å². The summed E-state index contributed by atoms with van der Waals surface area (Å²) in [5.74, 6) is -1.21. The highest BCUT2D eigenvalue weighted by atomic mass is 16.5. The molecule has 0 aromatic heterocycles. The fourth-order valence-electron chi connectivity index (χ4n) is 2.38. The van der Waals surface area contributed by atoms with Gasteiger partial charge in [0.2, 0.25) is 5.91 Å². The third-order valence-electron chi connectivity index (χ3n) is 3.83. The van der Waals surface area contributed by atoms with E-state index >= 15 is 0 Å². The van der Waals surface area contributed by atoms with E-state index in [1.807, 2.05) is 0 Å². The monoisotopic (exact) mass is 227 g/mol. The van der Waals surface area contributed by atoms with Gasteiger partial charge in [0.15, 0.2) is 0 Å². The molecule has 0 bridgehead atoms. The van der Waals surface area contributed by atoms with E-state index in [9.17, 15) is 9.59 Å². The Morgan fingerprint density at radius 2 is 2.00 bits per heavy atom. The quantitative estimate of drug-likeness (QED) is 0.739. The smallest absolute Gasteiger partial charge is 0.310 e. The molecule has 2 fully saturated rings. The number of nitrogens with zero attached hydrogens (tertiary/aromatic N) is 1. The molecular weight excluding hydrogens is 210 g/mol. The van der Waals surface area contributed by atoms with E-state index in [1.54, 1.807) is 11.8 Å². The Bertz CT molecular complexity index is 311. The van der Waals surface area contributed by atoms with Gasteiger partial charge in [-0.25, -0.2) is 0 Å². The van der Waals surface area contributed by atoms with Crippen molar-refractivity contribution >= 4 is 11.9 Å².